The van der Waals surface area contributed by atoms with Crippen LogP contribution in [0.1, 0.15) is 13.8 Å². The second kappa shape index (κ2) is 6.72. The largest absolute Gasteiger partial charge is 0.345 e. The third kappa shape index (κ3) is 3.81. The van der Waals surface area contributed by atoms with Gasteiger partial charge in [0.25, 0.3) is 0 Å². The minimum absolute atomic E-state index is 0.542. The number of anilines is 1. The van der Waals surface area contributed by atoms with E-state index in [-0.39, 0.29) is 0 Å². The van der Waals surface area contributed by atoms with Crippen molar-refractivity contribution in [2.45, 2.75) is 13.8 Å². The fourth-order valence-corrected chi connectivity index (χ4v) is 2.68. The number of nitrogens with zero attached hydrogens (tertiary/aromatic N) is 4. The normalized spacial score (nSPS) is 17.2. The number of nitrogens with one attached hydrogen (secondary N) is 1. The molecule has 0 spiro atoms. The fraction of sp³-hybridized carbons (Fsp3) is 0.667. The van der Waals surface area contributed by atoms with Gasteiger partial charge in [0.05, 0.1) is 0 Å². The first kappa shape index (κ1) is 14.1. The predicted octanol–water partition coefficient (Wildman–Crippen LogP) is 0.740. The Morgan fingerprint density at radius 2 is 2.21 bits per heavy atom. The molecule has 1 saturated heterocycles. The van der Waals surface area contributed by atoms with Crippen LogP contribution in [0, 0.1) is 5.92 Å². The molecule has 1 aliphatic heterocycles. The Bertz CT molecular complexity index is 394. The van der Waals surface area contributed by atoms with Gasteiger partial charge in [-0.05, 0) is 5.92 Å². The Kier molecular flexibility index (Phi) is 4.98. The lowest BCUT2D eigenvalue weighted by molar-refractivity contribution is 0.371. The molecule has 1 aliphatic rings. The average Bonchev–Trinajstić information content (AvgIpc) is 2.94. The van der Waals surface area contributed by atoms with Crippen LogP contribution >= 0.6 is 11.3 Å². The van der Waals surface area contributed by atoms with Crippen molar-refractivity contribution in [2.75, 3.05) is 37.6 Å². The van der Waals surface area contributed by atoms with Crippen LogP contribution in [-0.2, 0) is 0 Å². The highest BCUT2D eigenvalue weighted by molar-refractivity contribution is 7.13. The standard InChI is InChI=1S/C12H22N6S/c1-10(2)9-15-11(16-13)17-4-6-18(7-5-17)12-14-3-8-19-12/h3,8,10H,4-7,9,13H2,1-2H3,(H,15,16). The molecule has 2 heterocycles. The fourth-order valence-electron chi connectivity index (χ4n) is 1.99. The molecule has 0 amide bonds. The first-order valence-electron chi connectivity index (χ1n) is 6.61. The van der Waals surface area contributed by atoms with Crippen molar-refractivity contribution in [3.63, 3.8) is 0 Å². The van der Waals surface area contributed by atoms with E-state index in [1.807, 2.05) is 11.6 Å². The van der Waals surface area contributed by atoms with Crippen molar-refractivity contribution in [2.24, 2.45) is 16.8 Å². The number of hydrogen-bond acceptors (Lipinski definition) is 5. The van der Waals surface area contributed by atoms with E-state index in [4.69, 9.17) is 5.84 Å². The molecule has 0 radical (unpaired) electrons. The van der Waals surface area contributed by atoms with Gasteiger partial charge in [-0.3, -0.25) is 10.4 Å². The van der Waals surface area contributed by atoms with Gasteiger partial charge in [0.1, 0.15) is 0 Å². The summed E-state index contributed by atoms with van der Waals surface area (Å²) in [5.74, 6) is 6.91. The number of hydrazine groups is 1. The second-order valence-electron chi connectivity index (χ2n) is 4.99. The van der Waals surface area contributed by atoms with Crippen LogP contribution in [0.15, 0.2) is 16.6 Å². The second-order valence-corrected chi connectivity index (χ2v) is 5.86. The Balaban J connectivity index is 1.89. The van der Waals surface area contributed by atoms with Crippen LogP contribution in [0.5, 0.6) is 0 Å². The maximum absolute atomic E-state index is 5.57. The Morgan fingerprint density at radius 3 is 2.74 bits per heavy atom. The minimum Gasteiger partial charge on any atom is -0.345 e. The molecule has 1 aromatic rings. The van der Waals surface area contributed by atoms with E-state index >= 15 is 0 Å². The topological polar surface area (TPSA) is 69.8 Å². The van der Waals surface area contributed by atoms with E-state index in [0.717, 1.165) is 43.8 Å². The van der Waals surface area contributed by atoms with Crippen molar-refractivity contribution in [1.29, 1.82) is 0 Å². The monoisotopic (exact) mass is 282 g/mol. The van der Waals surface area contributed by atoms with Gasteiger partial charge in [-0.1, -0.05) is 13.8 Å². The predicted molar refractivity (Wildman–Crippen MR) is 80.4 cm³/mol. The molecule has 19 heavy (non-hydrogen) atoms. The highest BCUT2D eigenvalue weighted by atomic mass is 32.1. The van der Waals surface area contributed by atoms with Gasteiger partial charge < -0.3 is 9.80 Å². The van der Waals surface area contributed by atoms with Crippen molar-refractivity contribution in [1.82, 2.24) is 15.3 Å². The molecule has 0 bridgehead atoms. The SMILES string of the molecule is CC(C)CN=C(NN)N1CCN(c2nccs2)CC1. The molecule has 7 heteroatoms. The molecule has 1 aromatic heterocycles. The highest BCUT2D eigenvalue weighted by Gasteiger charge is 2.20. The summed E-state index contributed by atoms with van der Waals surface area (Å²) in [6, 6.07) is 0. The summed E-state index contributed by atoms with van der Waals surface area (Å²) >= 11 is 1.68. The molecular formula is C12H22N6S. The Hall–Kier alpha value is -1.34. The van der Waals surface area contributed by atoms with Crippen molar-refractivity contribution in [3.8, 4) is 0 Å². The van der Waals surface area contributed by atoms with Gasteiger partial charge in [-0.15, -0.1) is 11.3 Å². The first-order valence-corrected chi connectivity index (χ1v) is 7.49. The lowest BCUT2D eigenvalue weighted by Gasteiger charge is -2.36. The lowest BCUT2D eigenvalue weighted by atomic mass is 10.2. The van der Waals surface area contributed by atoms with E-state index < -0.39 is 0 Å². The number of aromatic nitrogens is 1. The molecular weight excluding hydrogens is 260 g/mol. The number of piperazine rings is 1. The number of thiazole rings is 1. The average molecular weight is 282 g/mol. The van der Waals surface area contributed by atoms with E-state index in [2.05, 4.69) is 39.0 Å². The highest BCUT2D eigenvalue weighted by Crippen LogP contribution is 2.18. The molecule has 6 nitrogen and oxygen atoms in total. The zero-order valence-electron chi connectivity index (χ0n) is 11.5. The van der Waals surface area contributed by atoms with Gasteiger partial charge in [-0.25, -0.2) is 10.8 Å². The number of nitrogens with two attached hydrogens (primary N) is 1. The van der Waals surface area contributed by atoms with Crippen molar-refractivity contribution in [3.05, 3.63) is 11.6 Å². The quantitative estimate of drug-likeness (QED) is 0.370. The number of rotatable bonds is 3. The smallest absolute Gasteiger partial charge is 0.208 e. The van der Waals surface area contributed by atoms with Crippen LogP contribution in [0.4, 0.5) is 5.13 Å². The molecule has 1 fully saturated rings. The summed E-state index contributed by atoms with van der Waals surface area (Å²) in [5, 5.41) is 3.11. The molecule has 3 N–H and O–H groups in total. The lowest BCUT2D eigenvalue weighted by Crippen LogP contribution is -2.54. The third-order valence-corrected chi connectivity index (χ3v) is 3.84. The maximum Gasteiger partial charge on any atom is 0.208 e. The summed E-state index contributed by atoms with van der Waals surface area (Å²) in [5.41, 5.74) is 2.72. The van der Waals surface area contributed by atoms with Gasteiger partial charge >= 0.3 is 0 Å². The maximum atomic E-state index is 5.57. The van der Waals surface area contributed by atoms with Crippen LogP contribution in [0.2, 0.25) is 0 Å². The van der Waals surface area contributed by atoms with Crippen LogP contribution < -0.4 is 16.2 Å². The van der Waals surface area contributed by atoms with E-state index in [0.29, 0.717) is 5.92 Å². The number of guanidine groups is 1. The zero-order valence-corrected chi connectivity index (χ0v) is 12.4. The minimum atomic E-state index is 0.542. The van der Waals surface area contributed by atoms with E-state index in [9.17, 15) is 0 Å². The molecule has 0 aromatic carbocycles. The van der Waals surface area contributed by atoms with Gasteiger partial charge in [0.2, 0.25) is 5.96 Å². The molecule has 0 unspecified atom stereocenters. The molecule has 0 atom stereocenters. The molecule has 0 aliphatic carbocycles. The summed E-state index contributed by atoms with van der Waals surface area (Å²) < 4.78 is 0. The van der Waals surface area contributed by atoms with Gasteiger partial charge in [-0.2, -0.15) is 0 Å². The Labute approximate surface area is 118 Å². The van der Waals surface area contributed by atoms with Crippen LogP contribution in [0.3, 0.4) is 0 Å². The number of aliphatic imine (C=N–C) groups is 1. The molecule has 2 rings (SSSR count). The first-order chi connectivity index (χ1) is 9.20. The summed E-state index contributed by atoms with van der Waals surface area (Å²) in [6.45, 7) is 8.84. The van der Waals surface area contributed by atoms with Gasteiger partial charge in [0.15, 0.2) is 5.13 Å². The van der Waals surface area contributed by atoms with Crippen LogP contribution in [0.25, 0.3) is 0 Å². The van der Waals surface area contributed by atoms with Gasteiger partial charge in [0, 0.05) is 44.3 Å². The van der Waals surface area contributed by atoms with E-state index in [1.165, 1.54) is 0 Å². The summed E-state index contributed by atoms with van der Waals surface area (Å²) in [4.78, 5) is 13.4. The molecule has 106 valence electrons. The molecule has 0 saturated carbocycles. The summed E-state index contributed by atoms with van der Waals surface area (Å²) in [6.07, 6.45) is 1.85. The summed E-state index contributed by atoms with van der Waals surface area (Å²) in [7, 11) is 0. The zero-order chi connectivity index (χ0) is 13.7. The number of hydrogen-bond donors (Lipinski definition) is 2. The van der Waals surface area contributed by atoms with Crippen molar-refractivity contribution < 1.29 is 0 Å². The van der Waals surface area contributed by atoms with Crippen molar-refractivity contribution >= 4 is 22.4 Å². The third-order valence-electron chi connectivity index (χ3n) is 3.00. The van der Waals surface area contributed by atoms with Crippen LogP contribution in [-0.4, -0.2) is 48.6 Å². The van der Waals surface area contributed by atoms with E-state index in [1.54, 1.807) is 11.3 Å². The Morgan fingerprint density at radius 1 is 1.47 bits per heavy atom.